The number of alkyl halides is 4. The largest absolute Gasteiger partial charge is 0.416 e. The molecule has 0 radical (unpaired) electrons. The topological polar surface area (TPSA) is 46.2 Å². The molecule has 1 N–H and O–H groups in total. The van der Waals surface area contributed by atoms with Crippen LogP contribution in [0.15, 0.2) is 24.3 Å². The minimum atomic E-state index is -4.42. The van der Waals surface area contributed by atoms with Gasteiger partial charge in [-0.1, -0.05) is 36.7 Å². The molecule has 0 heterocycles. The van der Waals surface area contributed by atoms with Gasteiger partial charge in [0.15, 0.2) is 5.78 Å². The van der Waals surface area contributed by atoms with E-state index in [0.29, 0.717) is 12.8 Å². The van der Waals surface area contributed by atoms with Gasteiger partial charge in [-0.2, -0.15) is 13.2 Å². The Morgan fingerprint density at radius 2 is 1.72 bits per heavy atom. The van der Waals surface area contributed by atoms with Crippen molar-refractivity contribution in [3.05, 3.63) is 29.8 Å². The van der Waals surface area contributed by atoms with Crippen LogP contribution < -0.4 is 5.32 Å². The van der Waals surface area contributed by atoms with E-state index >= 15 is 0 Å². The van der Waals surface area contributed by atoms with Crippen molar-refractivity contribution in [2.24, 2.45) is 16.2 Å². The van der Waals surface area contributed by atoms with Gasteiger partial charge in [0.2, 0.25) is 5.91 Å². The molecule has 136 valence electrons. The first-order valence-electron chi connectivity index (χ1n) is 8.05. The van der Waals surface area contributed by atoms with E-state index in [-0.39, 0.29) is 17.4 Å². The minimum absolute atomic E-state index is 0.0197. The Bertz CT molecular complexity index is 744. The van der Waals surface area contributed by atoms with Gasteiger partial charge in [0.05, 0.1) is 15.8 Å². The number of hydrogen-bond acceptors (Lipinski definition) is 2. The van der Waals surface area contributed by atoms with Gasteiger partial charge in [0, 0.05) is 11.1 Å². The third-order valence-electron chi connectivity index (χ3n) is 6.60. The zero-order valence-corrected chi connectivity index (χ0v) is 15.7. The number of Topliss-reactive ketones (excluding diaryl/α,β-unsaturated/α-hetero) is 1. The lowest BCUT2D eigenvalue weighted by Crippen LogP contribution is -2.47. The maximum Gasteiger partial charge on any atom is 0.416 e. The molecular weight excluding hydrogens is 399 g/mol. The maximum atomic E-state index is 13.1. The summed E-state index contributed by atoms with van der Waals surface area (Å²) in [5.41, 5.74) is -2.54. The van der Waals surface area contributed by atoms with E-state index in [0.717, 1.165) is 12.1 Å². The second kappa shape index (κ2) is 5.32. The molecule has 0 saturated heterocycles. The normalized spacial score (nSPS) is 33.6. The molecule has 1 amide bonds. The number of ketones is 1. The molecule has 2 fully saturated rings. The van der Waals surface area contributed by atoms with Crippen molar-refractivity contribution in [3.8, 4) is 0 Å². The Kier molecular flexibility index (Phi) is 3.92. The number of carbonyl (C=O) groups excluding carboxylic acids is 2. The Morgan fingerprint density at radius 3 is 2.16 bits per heavy atom. The molecule has 0 aliphatic heterocycles. The summed E-state index contributed by atoms with van der Waals surface area (Å²) in [4.78, 5) is 25.1. The van der Waals surface area contributed by atoms with Crippen LogP contribution in [0.2, 0.25) is 0 Å². The molecule has 25 heavy (non-hydrogen) atoms. The molecule has 7 heteroatoms. The van der Waals surface area contributed by atoms with E-state index in [9.17, 15) is 22.8 Å². The van der Waals surface area contributed by atoms with Crippen LogP contribution in [-0.2, 0) is 15.8 Å². The van der Waals surface area contributed by atoms with E-state index in [4.69, 9.17) is 0 Å². The third kappa shape index (κ3) is 2.24. The van der Waals surface area contributed by atoms with Crippen LogP contribution in [0.1, 0.15) is 39.2 Å². The molecule has 3 rings (SSSR count). The van der Waals surface area contributed by atoms with Gasteiger partial charge in [-0.15, -0.1) is 0 Å². The fraction of sp³-hybridized carbons (Fsp3) is 0.556. The number of anilines is 1. The van der Waals surface area contributed by atoms with Crippen LogP contribution in [0, 0.1) is 16.2 Å². The van der Waals surface area contributed by atoms with Crippen LogP contribution in [-0.4, -0.2) is 16.5 Å². The highest BCUT2D eigenvalue weighted by Crippen LogP contribution is 2.72. The molecule has 2 saturated carbocycles. The number of fused-ring (bicyclic) bond motifs is 2. The predicted molar refractivity (Wildman–Crippen MR) is 91.4 cm³/mol. The minimum Gasteiger partial charge on any atom is -0.326 e. The summed E-state index contributed by atoms with van der Waals surface area (Å²) >= 11 is 3.42. The van der Waals surface area contributed by atoms with Crippen LogP contribution in [0.3, 0.4) is 0 Å². The smallest absolute Gasteiger partial charge is 0.326 e. The number of hydrogen-bond donors (Lipinski definition) is 1. The van der Waals surface area contributed by atoms with Crippen molar-refractivity contribution in [2.75, 3.05) is 5.32 Å². The molecule has 2 aliphatic carbocycles. The summed E-state index contributed by atoms with van der Waals surface area (Å²) in [5, 5.41) is 2.72. The van der Waals surface area contributed by atoms with Gasteiger partial charge >= 0.3 is 6.18 Å². The Morgan fingerprint density at radius 1 is 1.16 bits per heavy atom. The van der Waals surface area contributed by atoms with Gasteiger partial charge < -0.3 is 5.32 Å². The SMILES string of the molecule is CC12CCC(C(=O)Nc3ccc(C(F)(F)F)cc3)(C(Br)C1=O)C2(C)C. The lowest BCUT2D eigenvalue weighted by Gasteiger charge is -2.39. The van der Waals surface area contributed by atoms with Crippen molar-refractivity contribution >= 4 is 33.3 Å². The zero-order valence-electron chi connectivity index (χ0n) is 14.1. The monoisotopic (exact) mass is 417 g/mol. The summed E-state index contributed by atoms with van der Waals surface area (Å²) < 4.78 is 38.0. The Hall–Kier alpha value is -1.37. The van der Waals surface area contributed by atoms with E-state index in [1.165, 1.54) is 12.1 Å². The fourth-order valence-corrected chi connectivity index (χ4v) is 5.95. The summed E-state index contributed by atoms with van der Waals surface area (Å²) in [5.74, 6) is -0.306. The molecule has 1 aromatic rings. The van der Waals surface area contributed by atoms with Crippen LogP contribution in [0.25, 0.3) is 0 Å². The highest BCUT2D eigenvalue weighted by atomic mass is 79.9. The highest BCUT2D eigenvalue weighted by Gasteiger charge is 2.76. The van der Waals surface area contributed by atoms with Crippen LogP contribution in [0.5, 0.6) is 0 Å². The lowest BCUT2D eigenvalue weighted by molar-refractivity contribution is -0.137. The molecular formula is C18H19BrF3NO2. The molecule has 3 atom stereocenters. The van der Waals surface area contributed by atoms with Crippen LogP contribution >= 0.6 is 15.9 Å². The van der Waals surface area contributed by atoms with Crippen molar-refractivity contribution in [3.63, 3.8) is 0 Å². The van der Waals surface area contributed by atoms with Gasteiger partial charge in [-0.3, -0.25) is 9.59 Å². The number of amides is 1. The van der Waals surface area contributed by atoms with Crippen molar-refractivity contribution in [1.82, 2.24) is 0 Å². The van der Waals surface area contributed by atoms with Crippen molar-refractivity contribution in [1.29, 1.82) is 0 Å². The molecule has 1 aromatic carbocycles. The molecule has 3 unspecified atom stereocenters. The van der Waals surface area contributed by atoms with Crippen LogP contribution in [0.4, 0.5) is 18.9 Å². The third-order valence-corrected chi connectivity index (χ3v) is 7.79. The number of nitrogens with one attached hydrogen (secondary N) is 1. The Balaban J connectivity index is 1.90. The van der Waals surface area contributed by atoms with Gasteiger partial charge in [0.1, 0.15) is 0 Å². The summed E-state index contributed by atoms with van der Waals surface area (Å²) in [6, 6.07) is 4.34. The second-order valence-electron chi connectivity index (χ2n) is 7.68. The van der Waals surface area contributed by atoms with Gasteiger partial charge in [-0.25, -0.2) is 0 Å². The molecule has 3 nitrogen and oxygen atoms in total. The van der Waals surface area contributed by atoms with Crippen molar-refractivity contribution < 1.29 is 22.8 Å². The first-order valence-corrected chi connectivity index (χ1v) is 8.96. The number of rotatable bonds is 2. The van der Waals surface area contributed by atoms with E-state index < -0.39 is 32.8 Å². The maximum absolute atomic E-state index is 13.1. The molecule has 0 aromatic heterocycles. The summed E-state index contributed by atoms with van der Waals surface area (Å²) in [7, 11) is 0. The van der Waals surface area contributed by atoms with E-state index in [2.05, 4.69) is 21.2 Å². The number of halogens is 4. The van der Waals surface area contributed by atoms with E-state index in [1.807, 2.05) is 20.8 Å². The van der Waals surface area contributed by atoms with E-state index in [1.54, 1.807) is 0 Å². The number of benzene rings is 1. The standard InChI is InChI=1S/C18H19BrF3NO2/c1-15(2)16(3)8-9-17(15,12(19)13(16)24)14(25)23-11-6-4-10(5-7-11)18(20,21)22/h4-7,12H,8-9H2,1-3H3,(H,23,25). The summed E-state index contributed by atoms with van der Waals surface area (Å²) in [6.07, 6.45) is -3.23. The Labute approximate surface area is 152 Å². The second-order valence-corrected chi connectivity index (χ2v) is 8.60. The predicted octanol–water partition coefficient (Wildman–Crippen LogP) is 4.80. The summed E-state index contributed by atoms with van der Waals surface area (Å²) in [6.45, 7) is 5.74. The lowest BCUT2D eigenvalue weighted by atomic mass is 9.64. The first kappa shape index (κ1) is 18.4. The highest BCUT2D eigenvalue weighted by molar-refractivity contribution is 9.10. The van der Waals surface area contributed by atoms with Crippen molar-refractivity contribution in [2.45, 2.75) is 44.6 Å². The molecule has 0 spiro atoms. The zero-order chi connectivity index (χ0) is 18.8. The molecule has 2 bridgehead atoms. The molecule has 2 aliphatic rings. The first-order chi connectivity index (χ1) is 11.4. The fourth-order valence-electron chi connectivity index (χ4n) is 4.44. The quantitative estimate of drug-likeness (QED) is 0.702. The average molecular weight is 418 g/mol. The average Bonchev–Trinajstić information content (AvgIpc) is 2.79. The van der Waals surface area contributed by atoms with Gasteiger partial charge in [-0.05, 0) is 42.5 Å². The van der Waals surface area contributed by atoms with Gasteiger partial charge in [0.25, 0.3) is 0 Å². The number of carbonyl (C=O) groups is 2.